The summed E-state index contributed by atoms with van der Waals surface area (Å²) >= 11 is 0. The van der Waals surface area contributed by atoms with Crippen LogP contribution in [0, 0.1) is 13.8 Å². The lowest BCUT2D eigenvalue weighted by atomic mass is 10.0. The predicted molar refractivity (Wildman–Crippen MR) is 102 cm³/mol. The number of rotatable bonds is 2. The van der Waals surface area contributed by atoms with Crippen LogP contribution in [0.2, 0.25) is 0 Å². The quantitative estimate of drug-likeness (QED) is 0.574. The fourth-order valence-corrected chi connectivity index (χ4v) is 3.44. The molecule has 0 radical (unpaired) electrons. The number of aromatic nitrogens is 2. The van der Waals surface area contributed by atoms with Gasteiger partial charge in [-0.05, 0) is 49.7 Å². The number of nitrogens with one attached hydrogen (secondary N) is 2. The number of aryl methyl sites for hydroxylation is 2. The second kappa shape index (κ2) is 5.74. The Balaban J connectivity index is 1.93. The van der Waals surface area contributed by atoms with Crippen molar-refractivity contribution >= 4 is 27.7 Å². The highest BCUT2D eigenvalue weighted by Gasteiger charge is 2.13. The molecule has 0 saturated carbocycles. The van der Waals surface area contributed by atoms with E-state index in [4.69, 9.17) is 4.98 Å². The topological polar surface area (TPSA) is 57.8 Å². The molecule has 4 nitrogen and oxygen atoms in total. The van der Waals surface area contributed by atoms with Crippen molar-refractivity contribution in [2.75, 3.05) is 7.05 Å². The van der Waals surface area contributed by atoms with Crippen LogP contribution in [-0.2, 0) is 0 Å². The number of nitrogens with zero attached hydrogens (tertiary/aromatic N) is 1. The monoisotopic (exact) mass is 329 g/mol. The van der Waals surface area contributed by atoms with Crippen LogP contribution in [0.3, 0.4) is 0 Å². The number of fused-ring (bicyclic) bond motifs is 2. The van der Waals surface area contributed by atoms with Gasteiger partial charge in [0.25, 0.3) is 5.91 Å². The van der Waals surface area contributed by atoms with Crippen LogP contribution < -0.4 is 5.32 Å². The zero-order valence-corrected chi connectivity index (χ0v) is 14.5. The summed E-state index contributed by atoms with van der Waals surface area (Å²) in [6.07, 6.45) is 2.01. The third-order valence-electron chi connectivity index (χ3n) is 4.61. The van der Waals surface area contributed by atoms with Crippen molar-refractivity contribution in [2.24, 2.45) is 0 Å². The van der Waals surface area contributed by atoms with E-state index in [0.717, 1.165) is 27.7 Å². The average molecular weight is 329 g/mol. The van der Waals surface area contributed by atoms with Crippen LogP contribution in [0.1, 0.15) is 21.5 Å². The lowest BCUT2D eigenvalue weighted by Crippen LogP contribution is -2.18. The molecule has 4 aromatic rings. The van der Waals surface area contributed by atoms with Gasteiger partial charge in [0.15, 0.2) is 0 Å². The molecule has 2 aromatic carbocycles. The minimum absolute atomic E-state index is 0.0986. The van der Waals surface area contributed by atoms with E-state index in [1.54, 1.807) is 7.05 Å². The first-order chi connectivity index (χ1) is 12.1. The molecule has 0 aliphatic carbocycles. The normalized spacial score (nSPS) is 11.2. The Morgan fingerprint density at radius 2 is 1.92 bits per heavy atom. The number of H-pyrrole nitrogens is 1. The molecule has 2 heterocycles. The molecule has 0 saturated heterocycles. The van der Waals surface area contributed by atoms with E-state index in [9.17, 15) is 4.79 Å². The lowest BCUT2D eigenvalue weighted by Gasteiger charge is -2.07. The van der Waals surface area contributed by atoms with Crippen molar-refractivity contribution in [1.29, 1.82) is 0 Å². The highest BCUT2D eigenvalue weighted by atomic mass is 16.1. The summed E-state index contributed by atoms with van der Waals surface area (Å²) in [5, 5.41) is 4.71. The van der Waals surface area contributed by atoms with Crippen LogP contribution in [0.5, 0.6) is 0 Å². The zero-order chi connectivity index (χ0) is 17.6. The highest BCUT2D eigenvalue weighted by Crippen LogP contribution is 2.31. The fraction of sp³-hybridized carbons (Fsp3) is 0.143. The van der Waals surface area contributed by atoms with E-state index in [2.05, 4.69) is 36.3 Å². The van der Waals surface area contributed by atoms with Crippen molar-refractivity contribution in [3.05, 3.63) is 65.4 Å². The molecule has 124 valence electrons. The molecule has 25 heavy (non-hydrogen) atoms. The van der Waals surface area contributed by atoms with Gasteiger partial charge in [0.2, 0.25) is 0 Å². The maximum absolute atomic E-state index is 12.0. The van der Waals surface area contributed by atoms with E-state index in [1.807, 2.05) is 36.5 Å². The van der Waals surface area contributed by atoms with Gasteiger partial charge < -0.3 is 10.3 Å². The minimum atomic E-state index is -0.0986. The van der Waals surface area contributed by atoms with Gasteiger partial charge >= 0.3 is 0 Å². The summed E-state index contributed by atoms with van der Waals surface area (Å²) < 4.78 is 0. The van der Waals surface area contributed by atoms with E-state index in [0.29, 0.717) is 5.56 Å². The van der Waals surface area contributed by atoms with Crippen molar-refractivity contribution in [2.45, 2.75) is 13.8 Å². The minimum Gasteiger partial charge on any atom is -0.360 e. The Bertz CT molecular complexity index is 1120. The predicted octanol–water partition coefficient (Wildman–Crippen LogP) is 4.36. The molecule has 2 N–H and O–H groups in total. The van der Waals surface area contributed by atoms with Gasteiger partial charge in [-0.1, -0.05) is 17.7 Å². The zero-order valence-electron chi connectivity index (χ0n) is 14.5. The molecule has 4 heteroatoms. The number of benzene rings is 2. The van der Waals surface area contributed by atoms with Crippen LogP contribution >= 0.6 is 0 Å². The molecule has 0 aliphatic heterocycles. The van der Waals surface area contributed by atoms with Crippen LogP contribution in [-0.4, -0.2) is 22.9 Å². The van der Waals surface area contributed by atoms with Crippen molar-refractivity contribution in [3.63, 3.8) is 0 Å². The molecule has 1 amide bonds. The third-order valence-corrected chi connectivity index (χ3v) is 4.61. The Labute approximate surface area is 145 Å². The summed E-state index contributed by atoms with van der Waals surface area (Å²) in [4.78, 5) is 20.2. The molecule has 0 spiro atoms. The van der Waals surface area contributed by atoms with Crippen molar-refractivity contribution in [1.82, 2.24) is 15.3 Å². The molecule has 0 aliphatic rings. The molecule has 0 unspecified atom stereocenters. The second-order valence-corrected chi connectivity index (χ2v) is 6.35. The maximum Gasteiger partial charge on any atom is 0.251 e. The number of amides is 1. The number of pyridine rings is 1. The fourth-order valence-electron chi connectivity index (χ4n) is 3.44. The summed E-state index contributed by atoms with van der Waals surface area (Å²) in [7, 11) is 1.64. The molecule has 0 bridgehead atoms. The van der Waals surface area contributed by atoms with Gasteiger partial charge in [-0.3, -0.25) is 4.79 Å². The van der Waals surface area contributed by atoms with Crippen LogP contribution in [0.15, 0.2) is 48.7 Å². The number of carbonyl (C=O) groups is 1. The Morgan fingerprint density at radius 3 is 2.72 bits per heavy atom. The first kappa shape index (κ1) is 15.4. The summed E-state index contributed by atoms with van der Waals surface area (Å²) in [5.41, 5.74) is 7.04. The Kier molecular flexibility index (Phi) is 3.53. The molecule has 0 atom stereocenters. The van der Waals surface area contributed by atoms with Crippen molar-refractivity contribution < 1.29 is 4.79 Å². The molecule has 4 rings (SSSR count). The Hall–Kier alpha value is -3.14. The Morgan fingerprint density at radius 1 is 1.08 bits per heavy atom. The average Bonchev–Trinajstić information content (AvgIpc) is 3.04. The molecular weight excluding hydrogens is 310 g/mol. The first-order valence-corrected chi connectivity index (χ1v) is 8.29. The SMILES string of the molecule is CNC(=O)c1cccc2nc(-c3c[nH]c4c(C)cc(C)cc34)ccc12. The van der Waals surface area contributed by atoms with E-state index < -0.39 is 0 Å². The first-order valence-electron chi connectivity index (χ1n) is 8.29. The largest absolute Gasteiger partial charge is 0.360 e. The molecule has 2 aromatic heterocycles. The third kappa shape index (κ3) is 2.47. The summed E-state index contributed by atoms with van der Waals surface area (Å²) in [6, 6.07) is 13.9. The van der Waals surface area contributed by atoms with Gasteiger partial charge in [-0.2, -0.15) is 0 Å². The van der Waals surface area contributed by atoms with Gasteiger partial charge in [-0.25, -0.2) is 4.98 Å². The van der Waals surface area contributed by atoms with Crippen LogP contribution in [0.4, 0.5) is 0 Å². The standard InChI is InChI=1S/C21H19N3O/c1-12-9-13(2)20-16(10-12)17(11-23-20)19-8-7-14-15(21(25)22-3)5-4-6-18(14)24-19/h4-11,23H,1-3H3,(H,22,25). The van der Waals surface area contributed by atoms with Gasteiger partial charge in [-0.15, -0.1) is 0 Å². The number of carbonyl (C=O) groups excluding carboxylic acids is 1. The highest BCUT2D eigenvalue weighted by molar-refractivity contribution is 6.07. The lowest BCUT2D eigenvalue weighted by molar-refractivity contribution is 0.0964. The van der Waals surface area contributed by atoms with E-state index in [-0.39, 0.29) is 5.91 Å². The van der Waals surface area contributed by atoms with Crippen molar-refractivity contribution in [3.8, 4) is 11.3 Å². The van der Waals surface area contributed by atoms with E-state index in [1.165, 1.54) is 16.5 Å². The van der Waals surface area contributed by atoms with Gasteiger partial charge in [0, 0.05) is 40.7 Å². The number of aromatic amines is 1. The van der Waals surface area contributed by atoms with Gasteiger partial charge in [0.05, 0.1) is 11.2 Å². The molecular formula is C21H19N3O. The second-order valence-electron chi connectivity index (χ2n) is 6.35. The maximum atomic E-state index is 12.0. The van der Waals surface area contributed by atoms with Crippen LogP contribution in [0.25, 0.3) is 33.1 Å². The van der Waals surface area contributed by atoms with Gasteiger partial charge in [0.1, 0.15) is 0 Å². The summed E-state index contributed by atoms with van der Waals surface area (Å²) in [5.74, 6) is -0.0986. The molecule has 0 fully saturated rings. The van der Waals surface area contributed by atoms with E-state index >= 15 is 0 Å². The number of hydrogen-bond acceptors (Lipinski definition) is 2. The summed E-state index contributed by atoms with van der Waals surface area (Å²) in [6.45, 7) is 4.21. The number of hydrogen-bond donors (Lipinski definition) is 2. The smallest absolute Gasteiger partial charge is 0.251 e.